The number of unbranched alkanes of at least 4 members (excludes halogenated alkanes) is 2. The third-order valence-corrected chi connectivity index (χ3v) is 12.9. The fourth-order valence-electron chi connectivity index (χ4n) is 8.96. The number of benzene rings is 2. The van der Waals surface area contributed by atoms with Gasteiger partial charge in [-0.2, -0.15) is 13.0 Å². The summed E-state index contributed by atoms with van der Waals surface area (Å²) in [5.41, 5.74) is 6.04. The maximum atomic E-state index is 14.6. The monoisotopic (exact) mass is 841 g/mol. The molecule has 0 saturated heterocycles. The van der Waals surface area contributed by atoms with E-state index < -0.39 is 20.9 Å². The van der Waals surface area contributed by atoms with E-state index in [4.69, 9.17) is 4.74 Å². The number of esters is 1. The minimum absolute atomic E-state index is 0.170. The van der Waals surface area contributed by atoms with Crippen LogP contribution in [0.5, 0.6) is 0 Å². The summed E-state index contributed by atoms with van der Waals surface area (Å²) in [5.74, 6) is -1.24. The normalized spacial score (nSPS) is 20.7. The number of para-hydroxylation sites is 2. The van der Waals surface area contributed by atoms with E-state index in [1.165, 1.54) is 11.3 Å². The Balaban J connectivity index is 1.56. The fourth-order valence-corrected chi connectivity index (χ4v) is 9.46. The third kappa shape index (κ3) is 10.4. The van der Waals surface area contributed by atoms with Crippen LogP contribution >= 0.6 is 0 Å². The molecule has 2 amide bonds. The first kappa shape index (κ1) is 46.3. The van der Waals surface area contributed by atoms with Crippen molar-refractivity contribution in [2.75, 3.05) is 43.4 Å². The summed E-state index contributed by atoms with van der Waals surface area (Å²) in [6.45, 7) is 16.9. The second kappa shape index (κ2) is 19.7. The number of allylic oxidation sites excluding steroid dienone is 8. The number of ether oxygens (including phenoxy) is 1. The van der Waals surface area contributed by atoms with Gasteiger partial charge < -0.3 is 20.3 Å². The van der Waals surface area contributed by atoms with Crippen LogP contribution in [0.3, 0.4) is 0 Å². The first-order valence-corrected chi connectivity index (χ1v) is 23.2. The third-order valence-electron chi connectivity index (χ3n) is 12.0. The number of nitrogens with one attached hydrogen (secondary N) is 2. The van der Waals surface area contributed by atoms with E-state index in [-0.39, 0.29) is 48.2 Å². The van der Waals surface area contributed by atoms with Crippen LogP contribution < -0.4 is 15.5 Å². The van der Waals surface area contributed by atoms with Crippen LogP contribution in [0.2, 0.25) is 0 Å². The molecule has 0 radical (unpaired) electrons. The average molecular weight is 842 g/mol. The van der Waals surface area contributed by atoms with E-state index in [2.05, 4.69) is 103 Å². The van der Waals surface area contributed by atoms with Crippen LogP contribution in [-0.2, 0) is 40.1 Å². The van der Waals surface area contributed by atoms with Crippen LogP contribution in [0.25, 0.3) is 0 Å². The summed E-state index contributed by atoms with van der Waals surface area (Å²) in [5, 5.41) is 6.17. The lowest BCUT2D eigenvalue weighted by Gasteiger charge is -2.35. The van der Waals surface area contributed by atoms with E-state index in [0.717, 1.165) is 46.8 Å². The zero-order chi connectivity index (χ0) is 43.7. The molecule has 60 heavy (non-hydrogen) atoms. The summed E-state index contributed by atoms with van der Waals surface area (Å²) in [7, 11) is -4.14. The van der Waals surface area contributed by atoms with Crippen molar-refractivity contribution in [2.45, 2.75) is 111 Å². The smallest absolute Gasteiger partial charge is 0.305 e. The van der Waals surface area contributed by atoms with Gasteiger partial charge in [-0.25, -0.2) is 0 Å². The van der Waals surface area contributed by atoms with Crippen molar-refractivity contribution in [2.24, 2.45) is 5.41 Å². The number of amides is 2. The second-order valence-corrected chi connectivity index (χ2v) is 18.7. The van der Waals surface area contributed by atoms with Gasteiger partial charge in [0.05, 0.1) is 17.8 Å². The number of rotatable bonds is 19. The van der Waals surface area contributed by atoms with Gasteiger partial charge in [-0.3, -0.25) is 18.9 Å². The molecule has 1 unspecified atom stereocenters. The minimum atomic E-state index is -4.14. The molecule has 0 bridgehead atoms. The van der Waals surface area contributed by atoms with Crippen LogP contribution in [0.1, 0.15) is 111 Å². The van der Waals surface area contributed by atoms with Crippen LogP contribution in [0, 0.1) is 5.41 Å². The highest BCUT2D eigenvalue weighted by molar-refractivity contribution is 7.85. The Hall–Kier alpha value is -4.81. The molecule has 5 rings (SSSR count). The molecular formula is C48H65N4O7S+. The molecule has 0 spiro atoms. The topological polar surface area (TPSA) is 145 Å². The molecule has 0 saturated carbocycles. The van der Waals surface area contributed by atoms with Crippen molar-refractivity contribution in [3.63, 3.8) is 0 Å². The van der Waals surface area contributed by atoms with Crippen LogP contribution in [0.4, 0.5) is 11.4 Å². The Morgan fingerprint density at radius 1 is 0.833 bits per heavy atom. The number of fused-ring (bicyclic) bond motifs is 2. The largest absolute Gasteiger partial charge is 0.466 e. The lowest BCUT2D eigenvalue weighted by molar-refractivity contribution is -0.437. The van der Waals surface area contributed by atoms with E-state index in [9.17, 15) is 27.4 Å². The van der Waals surface area contributed by atoms with Gasteiger partial charge in [0.2, 0.25) is 17.5 Å². The molecule has 12 heteroatoms. The molecule has 2 aromatic rings. The summed E-state index contributed by atoms with van der Waals surface area (Å²) in [4.78, 5) is 43.2. The molecule has 1 atom stereocenters. The molecule has 0 fully saturated rings. The quantitative estimate of drug-likeness (QED) is 0.0425. The molecule has 1 aliphatic carbocycles. The van der Waals surface area contributed by atoms with Crippen molar-refractivity contribution >= 4 is 45.0 Å². The van der Waals surface area contributed by atoms with Gasteiger partial charge in [-0.15, -0.1) is 0 Å². The summed E-state index contributed by atoms with van der Waals surface area (Å²) in [6.07, 6.45) is 14.0. The highest BCUT2D eigenvalue weighted by Gasteiger charge is 2.49. The van der Waals surface area contributed by atoms with Crippen molar-refractivity contribution < 1.29 is 36.7 Å². The van der Waals surface area contributed by atoms with E-state index in [0.29, 0.717) is 51.9 Å². The highest BCUT2D eigenvalue weighted by atomic mass is 32.2. The van der Waals surface area contributed by atoms with Gasteiger partial charge in [0, 0.05) is 67.0 Å². The molecule has 3 N–H and O–H groups in total. The molecule has 2 heterocycles. The number of nitrogens with zero attached hydrogens (tertiary/aromatic N) is 2. The number of anilines is 1. The van der Waals surface area contributed by atoms with Crippen molar-refractivity contribution in [1.82, 2.24) is 10.6 Å². The molecule has 2 aliphatic heterocycles. The number of hydrogen-bond acceptors (Lipinski definition) is 7. The maximum Gasteiger partial charge on any atom is 0.305 e. The Morgan fingerprint density at radius 2 is 1.52 bits per heavy atom. The van der Waals surface area contributed by atoms with Gasteiger partial charge in [0.1, 0.15) is 12.0 Å². The number of hydrogen-bond donors (Lipinski definition) is 3. The van der Waals surface area contributed by atoms with Gasteiger partial charge >= 0.3 is 5.97 Å². The fraction of sp³-hybridized carbons (Fsp3) is 0.500. The molecule has 3 aliphatic rings. The summed E-state index contributed by atoms with van der Waals surface area (Å²) in [6, 6.07) is 16.5. The lowest BCUT2D eigenvalue weighted by Crippen LogP contribution is -2.53. The SMILES string of the molecule is CCCNC(=O)C1(C(=O)NCCCCCC(=O)OCC)CC(/C=C/C2=[N+](CCCS(=O)(=O)O)c3ccccc3C2(C)C)=CC(=C/C=C2/N(CC)c3ccccc3C2(C)C)/C1. The zero-order valence-corrected chi connectivity index (χ0v) is 37.4. The number of carbonyl (C=O) groups excluding carboxylic acids is 3. The van der Waals surface area contributed by atoms with Gasteiger partial charge in [-0.05, 0) is 88.7 Å². The van der Waals surface area contributed by atoms with Crippen LogP contribution in [0.15, 0.2) is 95.8 Å². The lowest BCUT2D eigenvalue weighted by atomic mass is 9.70. The first-order chi connectivity index (χ1) is 28.5. The zero-order valence-electron chi connectivity index (χ0n) is 36.6. The molecular weight excluding hydrogens is 777 g/mol. The number of carbonyl (C=O) groups is 3. The highest BCUT2D eigenvalue weighted by Crippen LogP contribution is 2.48. The van der Waals surface area contributed by atoms with Gasteiger partial charge in [-0.1, -0.05) is 81.8 Å². The minimum Gasteiger partial charge on any atom is -0.466 e. The Kier molecular flexibility index (Phi) is 15.2. The first-order valence-electron chi connectivity index (χ1n) is 21.6. The second-order valence-electron chi connectivity index (χ2n) is 17.1. The molecule has 11 nitrogen and oxygen atoms in total. The molecule has 324 valence electrons. The average Bonchev–Trinajstić information content (AvgIpc) is 3.56. The summed E-state index contributed by atoms with van der Waals surface area (Å²) >= 11 is 0. The van der Waals surface area contributed by atoms with E-state index in [1.807, 2.05) is 37.3 Å². The number of likely N-dealkylation sites (N-methyl/N-ethyl adjacent to an activating group) is 1. The van der Waals surface area contributed by atoms with Crippen LogP contribution in [-0.4, -0.2) is 79.6 Å². The maximum absolute atomic E-state index is 14.6. The van der Waals surface area contributed by atoms with Crippen molar-refractivity contribution in [3.8, 4) is 0 Å². The van der Waals surface area contributed by atoms with Crippen molar-refractivity contribution in [3.05, 3.63) is 107 Å². The standard InChI is InChI=1S/C48H64N4O7S/c1-8-28-49-44(54)48(45(55)50-29-17-11-12-23-43(53)59-10-3)33-35(24-26-41-46(4,5)37-19-13-15-21-39(37)51(41)9-2)32-36(34-48)25-27-42-47(6,7)38-20-14-16-22-40(38)52(42)30-18-31-60(56,57)58/h13-16,19-22,24-27,32H,8-12,17-18,23,28-31,33-34H2,1-7H3,(H2-,49,50,54,55,56,57,58)/p+1. The van der Waals surface area contributed by atoms with Gasteiger partial charge in [0.25, 0.3) is 10.1 Å². The van der Waals surface area contributed by atoms with E-state index >= 15 is 0 Å². The van der Waals surface area contributed by atoms with Gasteiger partial charge in [0.15, 0.2) is 5.71 Å². The Bertz CT molecular complexity index is 2200. The predicted molar refractivity (Wildman–Crippen MR) is 239 cm³/mol. The molecule has 2 aromatic carbocycles. The predicted octanol–water partition coefficient (Wildman–Crippen LogP) is 8.00. The van der Waals surface area contributed by atoms with Crippen molar-refractivity contribution in [1.29, 1.82) is 0 Å². The summed E-state index contributed by atoms with van der Waals surface area (Å²) < 4.78 is 40.1. The Morgan fingerprint density at radius 3 is 2.20 bits per heavy atom. The Labute approximate surface area is 357 Å². The van der Waals surface area contributed by atoms with E-state index in [1.54, 1.807) is 6.92 Å². The molecule has 0 aromatic heterocycles.